The molecule has 1 N–H and O–H groups in total. The van der Waals surface area contributed by atoms with Crippen LogP contribution in [0.1, 0.15) is 34.0 Å². The van der Waals surface area contributed by atoms with Crippen LogP contribution < -0.4 is 10.2 Å². The first-order valence-corrected chi connectivity index (χ1v) is 8.86. The van der Waals surface area contributed by atoms with E-state index in [1.165, 1.54) is 0 Å². The molecule has 1 aliphatic rings. The fourth-order valence-corrected chi connectivity index (χ4v) is 3.19. The molecule has 0 bridgehead atoms. The monoisotopic (exact) mass is 357 g/mol. The minimum absolute atomic E-state index is 0.215. The van der Waals surface area contributed by atoms with Crippen LogP contribution >= 0.6 is 0 Å². The maximum absolute atomic E-state index is 12.5. The van der Waals surface area contributed by atoms with E-state index in [-0.39, 0.29) is 11.7 Å². The van der Waals surface area contributed by atoms with Gasteiger partial charge in [-0.1, -0.05) is 0 Å². The van der Waals surface area contributed by atoms with E-state index in [0.29, 0.717) is 12.6 Å². The number of carbonyl (C=O) groups excluding carboxylic acids is 1. The molecule has 2 aromatic rings. The molecule has 8 nitrogen and oxygen atoms in total. The van der Waals surface area contributed by atoms with Gasteiger partial charge >= 0.3 is 0 Å². The molecule has 1 aliphatic heterocycles. The Bertz CT molecular complexity index is 799. The summed E-state index contributed by atoms with van der Waals surface area (Å²) in [4.78, 5) is 30.2. The van der Waals surface area contributed by atoms with Crippen LogP contribution in [0.5, 0.6) is 0 Å². The molecular formula is C18H27N7O. The molecule has 1 saturated heterocycles. The standard InChI is InChI=1S/C18H27N7O/c1-12-13(2)21-16(18(26)19-8-14-9-24(5)11-20-14)22-17(12)25-7-6-15(10-25)23(3)4/h9,11,15H,6-8,10H2,1-5H3,(H,19,26)/t15-/m1/s1. The van der Waals surface area contributed by atoms with E-state index in [1.807, 2.05) is 31.7 Å². The maximum atomic E-state index is 12.5. The second-order valence-corrected chi connectivity index (χ2v) is 7.15. The summed E-state index contributed by atoms with van der Waals surface area (Å²) in [5.74, 6) is 0.806. The number of anilines is 1. The van der Waals surface area contributed by atoms with E-state index in [1.54, 1.807) is 6.33 Å². The summed E-state index contributed by atoms with van der Waals surface area (Å²) < 4.78 is 1.85. The SMILES string of the molecule is Cc1nc(C(=O)NCc2cn(C)cn2)nc(N2CC[C@@H](N(C)C)C2)c1C. The van der Waals surface area contributed by atoms with E-state index in [4.69, 9.17) is 0 Å². The molecule has 2 aromatic heterocycles. The second-order valence-electron chi connectivity index (χ2n) is 7.15. The van der Waals surface area contributed by atoms with Crippen molar-refractivity contribution < 1.29 is 4.79 Å². The van der Waals surface area contributed by atoms with Crippen LogP contribution in [-0.2, 0) is 13.6 Å². The van der Waals surface area contributed by atoms with Crippen molar-refractivity contribution in [3.05, 3.63) is 35.3 Å². The number of nitrogens with one attached hydrogen (secondary N) is 1. The molecule has 0 radical (unpaired) electrons. The summed E-state index contributed by atoms with van der Waals surface area (Å²) in [6.45, 7) is 6.16. The van der Waals surface area contributed by atoms with Gasteiger partial charge in [0.15, 0.2) is 0 Å². The van der Waals surface area contributed by atoms with Crippen molar-refractivity contribution in [2.75, 3.05) is 32.1 Å². The van der Waals surface area contributed by atoms with Gasteiger partial charge in [-0.3, -0.25) is 4.79 Å². The van der Waals surface area contributed by atoms with Gasteiger partial charge in [0, 0.05) is 43.6 Å². The smallest absolute Gasteiger partial charge is 0.289 e. The maximum Gasteiger partial charge on any atom is 0.289 e. The lowest BCUT2D eigenvalue weighted by molar-refractivity contribution is 0.0939. The zero-order valence-corrected chi connectivity index (χ0v) is 16.2. The number of hydrogen-bond donors (Lipinski definition) is 1. The highest BCUT2D eigenvalue weighted by atomic mass is 16.2. The molecule has 0 unspecified atom stereocenters. The molecule has 3 rings (SSSR count). The van der Waals surface area contributed by atoms with Crippen LogP contribution in [0.2, 0.25) is 0 Å². The first kappa shape index (κ1) is 18.3. The molecule has 0 aliphatic carbocycles. The summed E-state index contributed by atoms with van der Waals surface area (Å²) in [6.07, 6.45) is 4.68. The van der Waals surface area contributed by atoms with E-state index in [9.17, 15) is 4.79 Å². The third-order valence-electron chi connectivity index (χ3n) is 4.95. The second kappa shape index (κ2) is 7.41. The molecule has 0 saturated carbocycles. The number of rotatable bonds is 5. The number of imidazole rings is 1. The molecule has 1 atom stereocenters. The van der Waals surface area contributed by atoms with Crippen molar-refractivity contribution in [3.63, 3.8) is 0 Å². The van der Waals surface area contributed by atoms with Crippen molar-refractivity contribution in [1.29, 1.82) is 0 Å². The number of carbonyl (C=O) groups is 1. The highest BCUT2D eigenvalue weighted by molar-refractivity contribution is 5.90. The van der Waals surface area contributed by atoms with Crippen molar-refractivity contribution in [3.8, 4) is 0 Å². The summed E-state index contributed by atoms with van der Waals surface area (Å²) in [5.41, 5.74) is 2.68. The Morgan fingerprint density at radius 1 is 1.35 bits per heavy atom. The normalized spacial score (nSPS) is 17.2. The molecule has 0 aromatic carbocycles. The summed E-state index contributed by atoms with van der Waals surface area (Å²) in [5, 5.41) is 2.85. The van der Waals surface area contributed by atoms with Gasteiger partial charge < -0.3 is 19.7 Å². The third-order valence-corrected chi connectivity index (χ3v) is 4.95. The highest BCUT2D eigenvalue weighted by Crippen LogP contribution is 2.25. The first-order chi connectivity index (χ1) is 12.3. The van der Waals surface area contributed by atoms with Crippen molar-refractivity contribution in [2.45, 2.75) is 32.9 Å². The summed E-state index contributed by atoms with van der Waals surface area (Å²) in [6, 6.07) is 0.506. The average molecular weight is 357 g/mol. The Hall–Kier alpha value is -2.48. The fourth-order valence-electron chi connectivity index (χ4n) is 3.19. The Kier molecular flexibility index (Phi) is 5.22. The van der Waals surface area contributed by atoms with Crippen LogP contribution in [0.15, 0.2) is 12.5 Å². The summed E-state index contributed by atoms with van der Waals surface area (Å²) >= 11 is 0. The molecule has 140 valence electrons. The van der Waals surface area contributed by atoms with E-state index in [2.05, 4.69) is 44.2 Å². The quantitative estimate of drug-likeness (QED) is 0.856. The van der Waals surface area contributed by atoms with Crippen molar-refractivity contribution in [1.82, 2.24) is 29.7 Å². The molecule has 26 heavy (non-hydrogen) atoms. The van der Waals surface area contributed by atoms with Crippen molar-refractivity contribution in [2.24, 2.45) is 7.05 Å². The van der Waals surface area contributed by atoms with Gasteiger partial charge in [0.05, 0.1) is 18.6 Å². The summed E-state index contributed by atoms with van der Waals surface area (Å²) in [7, 11) is 6.10. The lowest BCUT2D eigenvalue weighted by Gasteiger charge is -2.23. The van der Waals surface area contributed by atoms with Gasteiger partial charge in [-0.05, 0) is 34.4 Å². The van der Waals surface area contributed by atoms with Crippen LogP contribution in [0.4, 0.5) is 5.82 Å². The Labute approximate surface area is 154 Å². The Balaban J connectivity index is 1.76. The fraction of sp³-hybridized carbons (Fsp3) is 0.556. The first-order valence-electron chi connectivity index (χ1n) is 8.86. The van der Waals surface area contributed by atoms with Crippen LogP contribution in [0.3, 0.4) is 0 Å². The minimum Gasteiger partial charge on any atom is -0.355 e. The van der Waals surface area contributed by atoms with Gasteiger partial charge in [0.1, 0.15) is 5.82 Å². The molecular weight excluding hydrogens is 330 g/mol. The zero-order chi connectivity index (χ0) is 18.8. The van der Waals surface area contributed by atoms with Crippen molar-refractivity contribution >= 4 is 11.7 Å². The van der Waals surface area contributed by atoms with E-state index in [0.717, 1.165) is 42.3 Å². The van der Waals surface area contributed by atoms with E-state index >= 15 is 0 Å². The van der Waals surface area contributed by atoms with Gasteiger partial charge in [-0.25, -0.2) is 15.0 Å². The lowest BCUT2D eigenvalue weighted by atomic mass is 10.2. The van der Waals surface area contributed by atoms with Crippen LogP contribution in [0, 0.1) is 13.8 Å². The van der Waals surface area contributed by atoms with Crippen LogP contribution in [0.25, 0.3) is 0 Å². The van der Waals surface area contributed by atoms with Crippen LogP contribution in [-0.4, -0.2) is 63.6 Å². The number of aryl methyl sites for hydroxylation is 2. The molecule has 0 spiro atoms. The minimum atomic E-state index is -0.275. The number of amides is 1. The topological polar surface area (TPSA) is 79.2 Å². The number of likely N-dealkylation sites (N-methyl/N-ethyl adjacent to an activating group) is 1. The van der Waals surface area contributed by atoms with Gasteiger partial charge in [0.2, 0.25) is 5.82 Å². The van der Waals surface area contributed by atoms with E-state index < -0.39 is 0 Å². The average Bonchev–Trinajstić information content (AvgIpc) is 3.24. The number of aromatic nitrogens is 4. The molecule has 3 heterocycles. The highest BCUT2D eigenvalue weighted by Gasteiger charge is 2.27. The molecule has 1 amide bonds. The third kappa shape index (κ3) is 3.85. The van der Waals surface area contributed by atoms with Gasteiger partial charge in [0.25, 0.3) is 5.91 Å². The number of nitrogens with zero attached hydrogens (tertiary/aromatic N) is 6. The van der Waals surface area contributed by atoms with Gasteiger partial charge in [-0.2, -0.15) is 0 Å². The predicted octanol–water partition coefficient (Wildman–Crippen LogP) is 0.897. The largest absolute Gasteiger partial charge is 0.355 e. The Morgan fingerprint density at radius 3 is 2.73 bits per heavy atom. The molecule has 8 heteroatoms. The van der Waals surface area contributed by atoms with Gasteiger partial charge in [-0.15, -0.1) is 0 Å². The molecule has 1 fully saturated rings. The number of hydrogen-bond acceptors (Lipinski definition) is 6. The lowest BCUT2D eigenvalue weighted by Crippen LogP contribution is -2.33. The Morgan fingerprint density at radius 2 is 2.12 bits per heavy atom. The predicted molar refractivity (Wildman–Crippen MR) is 100 cm³/mol. The zero-order valence-electron chi connectivity index (χ0n) is 16.2.